The summed E-state index contributed by atoms with van der Waals surface area (Å²) in [4.78, 5) is 31.0. The van der Waals surface area contributed by atoms with E-state index in [1.807, 2.05) is 41.4 Å². The summed E-state index contributed by atoms with van der Waals surface area (Å²) in [6.45, 7) is 2.21. The molecule has 3 heterocycles. The van der Waals surface area contributed by atoms with E-state index in [9.17, 15) is 18.4 Å². The Morgan fingerprint density at radius 3 is 2.70 bits per heavy atom. The summed E-state index contributed by atoms with van der Waals surface area (Å²) in [5.74, 6) is 0.537. The number of ether oxygens (including phenoxy) is 1. The lowest BCUT2D eigenvalue weighted by Gasteiger charge is -2.49. The number of carbonyl (C=O) groups excluding carboxylic acids is 1. The molecule has 7 nitrogen and oxygen atoms in total. The Balaban J connectivity index is 1.20. The van der Waals surface area contributed by atoms with Crippen molar-refractivity contribution in [3.8, 4) is 16.9 Å². The zero-order valence-electron chi connectivity index (χ0n) is 24.9. The molecule has 1 aromatic heterocycles. The number of benzene rings is 1. The van der Waals surface area contributed by atoms with Gasteiger partial charge in [-0.2, -0.15) is 0 Å². The first kappa shape index (κ1) is 29.6. The second-order valence-electron chi connectivity index (χ2n) is 12.8. The SMILES string of the molecule is COc1ccccc1-c1ccn(C[C@@H]2CCN(C(=O)N3CC[C@@H](N)C[C@H]3C3=CC(F)CC=C3F)CC23CCCC3)c(=O)c1. The van der Waals surface area contributed by atoms with Gasteiger partial charge in [-0.3, -0.25) is 4.79 Å². The third-order valence-corrected chi connectivity index (χ3v) is 10.2. The smallest absolute Gasteiger partial charge is 0.320 e. The number of methoxy groups -OCH3 is 1. The van der Waals surface area contributed by atoms with Gasteiger partial charge in [-0.25, -0.2) is 13.6 Å². The zero-order valence-corrected chi connectivity index (χ0v) is 24.9. The first-order valence-corrected chi connectivity index (χ1v) is 15.6. The van der Waals surface area contributed by atoms with Crippen LogP contribution in [0.25, 0.3) is 11.1 Å². The topological polar surface area (TPSA) is 80.8 Å². The molecule has 0 bridgehead atoms. The van der Waals surface area contributed by atoms with Crippen molar-refractivity contribution in [2.75, 3.05) is 26.7 Å². The van der Waals surface area contributed by atoms with Crippen molar-refractivity contribution in [3.63, 3.8) is 0 Å². The Morgan fingerprint density at radius 1 is 1.14 bits per heavy atom. The number of hydrogen-bond donors (Lipinski definition) is 1. The highest BCUT2D eigenvalue weighted by atomic mass is 19.1. The molecule has 1 aromatic carbocycles. The van der Waals surface area contributed by atoms with Crippen molar-refractivity contribution in [1.29, 1.82) is 0 Å². The van der Waals surface area contributed by atoms with E-state index in [-0.39, 0.29) is 41.0 Å². The number of rotatable bonds is 5. The number of halogens is 2. The van der Waals surface area contributed by atoms with E-state index in [0.29, 0.717) is 39.0 Å². The van der Waals surface area contributed by atoms with E-state index in [1.54, 1.807) is 22.6 Å². The Kier molecular flexibility index (Phi) is 8.45. The van der Waals surface area contributed by atoms with Crippen molar-refractivity contribution in [2.24, 2.45) is 17.1 Å². The van der Waals surface area contributed by atoms with E-state index in [1.165, 1.54) is 12.2 Å². The molecule has 2 aliphatic carbocycles. The van der Waals surface area contributed by atoms with Crippen LogP contribution in [0.15, 0.2) is 70.9 Å². The van der Waals surface area contributed by atoms with Crippen molar-refractivity contribution < 1.29 is 18.3 Å². The van der Waals surface area contributed by atoms with E-state index >= 15 is 0 Å². The van der Waals surface area contributed by atoms with Crippen LogP contribution in [0.2, 0.25) is 0 Å². The number of piperidine rings is 2. The highest BCUT2D eigenvalue weighted by Crippen LogP contribution is 2.49. The number of urea groups is 1. The number of allylic oxidation sites excluding steroid dienone is 2. The highest BCUT2D eigenvalue weighted by molar-refractivity contribution is 5.76. The van der Waals surface area contributed by atoms with Crippen LogP contribution in [0.3, 0.4) is 0 Å². The molecule has 2 aliphatic heterocycles. The zero-order chi connectivity index (χ0) is 30.1. The van der Waals surface area contributed by atoms with Gasteiger partial charge in [-0.15, -0.1) is 0 Å². The van der Waals surface area contributed by atoms with Gasteiger partial charge in [0.2, 0.25) is 0 Å². The van der Waals surface area contributed by atoms with Gasteiger partial charge < -0.3 is 24.8 Å². The molecule has 6 rings (SSSR count). The molecular weight excluding hydrogens is 550 g/mol. The lowest BCUT2D eigenvalue weighted by molar-refractivity contribution is 0.0237. The molecule has 1 spiro atoms. The molecule has 4 aliphatic rings. The summed E-state index contributed by atoms with van der Waals surface area (Å²) in [7, 11) is 1.63. The number of alkyl halides is 1. The van der Waals surface area contributed by atoms with E-state index < -0.39 is 18.0 Å². The summed E-state index contributed by atoms with van der Waals surface area (Å²) in [6, 6.07) is 10.5. The van der Waals surface area contributed by atoms with Crippen LogP contribution < -0.4 is 16.0 Å². The number of carbonyl (C=O) groups is 1. The predicted molar refractivity (Wildman–Crippen MR) is 163 cm³/mol. The van der Waals surface area contributed by atoms with Gasteiger partial charge in [0.05, 0.1) is 13.2 Å². The Hall–Kier alpha value is -3.46. The van der Waals surface area contributed by atoms with Crippen molar-refractivity contribution >= 4 is 6.03 Å². The van der Waals surface area contributed by atoms with Gasteiger partial charge in [-0.05, 0) is 73.3 Å². The normalized spacial score (nSPS) is 27.2. The number of hydrogen-bond acceptors (Lipinski definition) is 4. The van der Waals surface area contributed by atoms with Gasteiger partial charge in [0.1, 0.15) is 17.7 Å². The molecule has 2 aromatic rings. The predicted octanol–water partition coefficient (Wildman–Crippen LogP) is 5.84. The van der Waals surface area contributed by atoms with Gasteiger partial charge in [-0.1, -0.05) is 31.0 Å². The number of pyridine rings is 1. The minimum Gasteiger partial charge on any atom is -0.496 e. The molecule has 0 radical (unpaired) electrons. The summed E-state index contributed by atoms with van der Waals surface area (Å²) in [6.07, 6.45) is 9.32. The number of aromatic nitrogens is 1. The summed E-state index contributed by atoms with van der Waals surface area (Å²) in [5.41, 5.74) is 8.09. The molecule has 1 saturated carbocycles. The standard InChI is InChI=1S/C34H42F2N4O3/c1-43-31-7-3-2-6-27(31)23-10-15-38(32(41)18-23)21-24-11-16-39(22-34(24)13-4-5-14-34)33(42)40-17-12-26(37)20-30(40)28-19-25(35)8-9-29(28)36/h2-3,6-7,9-10,15,18-19,24-26,30H,4-5,8,11-14,16-17,20-22,37H2,1H3/t24-,25?,26+,30-/m0/s1. The molecular formula is C34H42F2N4O3. The van der Waals surface area contributed by atoms with Gasteiger partial charge in [0, 0.05) is 62.0 Å². The second-order valence-corrected chi connectivity index (χ2v) is 12.8. The minimum atomic E-state index is -1.26. The van der Waals surface area contributed by atoms with Gasteiger partial charge in [0.15, 0.2) is 0 Å². The first-order valence-electron chi connectivity index (χ1n) is 15.6. The third kappa shape index (κ3) is 5.88. The molecule has 3 fully saturated rings. The fourth-order valence-corrected chi connectivity index (χ4v) is 7.89. The third-order valence-electron chi connectivity index (χ3n) is 10.2. The maximum Gasteiger partial charge on any atom is 0.320 e. The highest BCUT2D eigenvalue weighted by Gasteiger charge is 2.48. The fourth-order valence-electron chi connectivity index (χ4n) is 7.89. The van der Waals surface area contributed by atoms with E-state index in [2.05, 4.69) is 0 Å². The van der Waals surface area contributed by atoms with Crippen LogP contribution in [0.4, 0.5) is 13.6 Å². The minimum absolute atomic E-state index is 0.0182. The fraction of sp³-hybridized carbons (Fsp3) is 0.529. The first-order chi connectivity index (χ1) is 20.8. The van der Waals surface area contributed by atoms with Crippen LogP contribution in [-0.2, 0) is 6.54 Å². The Bertz CT molecular complexity index is 1460. The summed E-state index contributed by atoms with van der Waals surface area (Å²) in [5, 5.41) is 0. The van der Waals surface area contributed by atoms with Gasteiger partial charge >= 0.3 is 6.03 Å². The number of nitrogens with zero attached hydrogens (tertiary/aromatic N) is 3. The quantitative estimate of drug-likeness (QED) is 0.473. The van der Waals surface area contributed by atoms with Crippen LogP contribution in [0.5, 0.6) is 5.75 Å². The molecule has 9 heteroatoms. The Labute approximate surface area is 252 Å². The second kappa shape index (κ2) is 12.3. The van der Waals surface area contributed by atoms with E-state index in [4.69, 9.17) is 10.5 Å². The average molecular weight is 593 g/mol. The summed E-state index contributed by atoms with van der Waals surface area (Å²) >= 11 is 0. The average Bonchev–Trinajstić information content (AvgIpc) is 3.48. The van der Waals surface area contributed by atoms with E-state index in [0.717, 1.165) is 49.0 Å². The molecule has 2 N–H and O–H groups in total. The lowest BCUT2D eigenvalue weighted by atomic mass is 9.69. The summed E-state index contributed by atoms with van der Waals surface area (Å²) < 4.78 is 36.5. The lowest BCUT2D eigenvalue weighted by Crippen LogP contribution is -2.59. The van der Waals surface area contributed by atoms with Crippen LogP contribution in [0.1, 0.15) is 51.4 Å². The molecule has 4 atom stereocenters. The molecule has 230 valence electrons. The monoisotopic (exact) mass is 592 g/mol. The molecule has 43 heavy (non-hydrogen) atoms. The van der Waals surface area contributed by atoms with Crippen LogP contribution in [0, 0.1) is 11.3 Å². The van der Waals surface area contributed by atoms with Crippen molar-refractivity contribution in [1.82, 2.24) is 14.4 Å². The van der Waals surface area contributed by atoms with Gasteiger partial charge in [0.25, 0.3) is 5.56 Å². The maximum absolute atomic E-state index is 14.9. The van der Waals surface area contributed by atoms with Crippen LogP contribution >= 0.6 is 0 Å². The number of nitrogens with two attached hydrogens (primary N) is 1. The largest absolute Gasteiger partial charge is 0.496 e. The maximum atomic E-state index is 14.9. The molecule has 1 unspecified atom stereocenters. The Morgan fingerprint density at radius 2 is 1.93 bits per heavy atom. The number of amides is 2. The molecule has 2 amide bonds. The number of likely N-dealkylation sites (tertiary alicyclic amines) is 2. The number of para-hydroxylation sites is 1. The van der Waals surface area contributed by atoms with Crippen molar-refractivity contribution in [3.05, 3.63) is 76.5 Å². The molecule has 2 saturated heterocycles. The van der Waals surface area contributed by atoms with Crippen LogP contribution in [-0.4, -0.2) is 65.4 Å². The van der Waals surface area contributed by atoms with Crippen molar-refractivity contribution in [2.45, 2.75) is 76.2 Å².